The molecule has 0 saturated heterocycles. The standard InChI is InChI=1S/C17H18FN2O3P/c1-3-22-24(21,23-4-2)17-15-12-13(18)10-11-16(15)19-20(17)14-8-6-5-7-9-14/h5-12H,3-4H2,1-2H3. The number of hydrogen-bond acceptors (Lipinski definition) is 4. The van der Waals surface area contributed by atoms with Gasteiger partial charge in [-0.15, -0.1) is 0 Å². The third kappa shape index (κ3) is 3.00. The minimum atomic E-state index is -3.66. The Bertz CT molecular complexity index is 885. The lowest BCUT2D eigenvalue weighted by atomic mass is 10.2. The second-order valence-corrected chi connectivity index (χ2v) is 7.00. The van der Waals surface area contributed by atoms with Crippen LogP contribution in [0.3, 0.4) is 0 Å². The molecule has 0 aliphatic heterocycles. The highest BCUT2D eigenvalue weighted by Crippen LogP contribution is 2.49. The molecule has 0 fully saturated rings. The van der Waals surface area contributed by atoms with Gasteiger partial charge < -0.3 is 9.05 Å². The van der Waals surface area contributed by atoms with Gasteiger partial charge in [0.1, 0.15) is 5.82 Å². The van der Waals surface area contributed by atoms with E-state index in [-0.39, 0.29) is 18.6 Å². The summed E-state index contributed by atoms with van der Waals surface area (Å²) in [4.78, 5) is 0. The van der Waals surface area contributed by atoms with Crippen LogP contribution in [0.4, 0.5) is 4.39 Å². The summed E-state index contributed by atoms with van der Waals surface area (Å²) in [6, 6.07) is 13.4. The van der Waals surface area contributed by atoms with Gasteiger partial charge in [0.05, 0.1) is 24.4 Å². The van der Waals surface area contributed by atoms with Crippen molar-refractivity contribution < 1.29 is 18.0 Å². The molecule has 1 aromatic heterocycles. The highest BCUT2D eigenvalue weighted by atomic mass is 31.2. The average molecular weight is 348 g/mol. The Hall–Kier alpha value is -2.01. The van der Waals surface area contributed by atoms with Gasteiger partial charge in [0, 0.05) is 5.39 Å². The summed E-state index contributed by atoms with van der Waals surface area (Å²) in [7, 11) is -3.66. The number of hydrogen-bond donors (Lipinski definition) is 0. The molecule has 0 unspecified atom stereocenters. The van der Waals surface area contributed by atoms with E-state index in [2.05, 4.69) is 5.10 Å². The highest BCUT2D eigenvalue weighted by Gasteiger charge is 2.34. The first kappa shape index (κ1) is 16.8. The van der Waals surface area contributed by atoms with Gasteiger partial charge in [-0.05, 0) is 44.2 Å². The van der Waals surface area contributed by atoms with E-state index >= 15 is 0 Å². The molecule has 0 spiro atoms. The second-order valence-electron chi connectivity index (χ2n) is 5.07. The van der Waals surface area contributed by atoms with Gasteiger partial charge in [-0.3, -0.25) is 4.57 Å². The molecule has 126 valence electrons. The quantitative estimate of drug-likeness (QED) is 0.631. The van der Waals surface area contributed by atoms with E-state index in [4.69, 9.17) is 9.05 Å². The molecule has 7 heteroatoms. The Morgan fingerprint density at radius 3 is 2.38 bits per heavy atom. The van der Waals surface area contributed by atoms with Gasteiger partial charge in [-0.25, -0.2) is 9.07 Å². The van der Waals surface area contributed by atoms with Gasteiger partial charge >= 0.3 is 7.60 Å². The fraction of sp³-hybridized carbons (Fsp3) is 0.235. The van der Waals surface area contributed by atoms with Gasteiger partial charge in [-0.1, -0.05) is 18.2 Å². The lowest BCUT2D eigenvalue weighted by molar-refractivity contribution is 0.229. The first-order valence-electron chi connectivity index (χ1n) is 7.72. The zero-order valence-corrected chi connectivity index (χ0v) is 14.4. The van der Waals surface area contributed by atoms with Crippen molar-refractivity contribution >= 4 is 23.9 Å². The van der Waals surface area contributed by atoms with Crippen molar-refractivity contribution in [1.82, 2.24) is 9.78 Å². The number of rotatable bonds is 6. The van der Waals surface area contributed by atoms with E-state index in [1.54, 1.807) is 19.9 Å². The SMILES string of the molecule is CCOP(=O)(OCC)c1c2cc(F)ccc2nn1-c1ccccc1. The van der Waals surface area contributed by atoms with Crippen LogP contribution in [-0.2, 0) is 13.6 Å². The van der Waals surface area contributed by atoms with Crippen LogP contribution < -0.4 is 5.44 Å². The Morgan fingerprint density at radius 2 is 1.75 bits per heavy atom. The molecule has 1 heterocycles. The molecular formula is C17H18FN2O3P. The number of aromatic nitrogens is 2. The third-order valence-corrected chi connectivity index (χ3v) is 5.61. The Labute approximate surface area is 139 Å². The van der Waals surface area contributed by atoms with Crippen LogP contribution in [0.25, 0.3) is 16.6 Å². The summed E-state index contributed by atoms with van der Waals surface area (Å²) in [6.07, 6.45) is 0. The van der Waals surface area contributed by atoms with Gasteiger partial charge in [0.15, 0.2) is 5.44 Å². The predicted octanol–water partition coefficient (Wildman–Crippen LogP) is 4.06. The smallest absolute Gasteiger partial charge is 0.304 e. The van der Waals surface area contributed by atoms with Gasteiger partial charge in [0.2, 0.25) is 0 Å². The van der Waals surface area contributed by atoms with Crippen molar-refractivity contribution in [3.8, 4) is 5.69 Å². The van der Waals surface area contributed by atoms with Crippen molar-refractivity contribution in [2.45, 2.75) is 13.8 Å². The Balaban J connectivity index is 2.34. The molecule has 0 aliphatic rings. The number of fused-ring (bicyclic) bond motifs is 1. The van der Waals surface area contributed by atoms with Crippen molar-refractivity contribution in [2.24, 2.45) is 0 Å². The minimum absolute atomic E-state index is 0.202. The predicted molar refractivity (Wildman–Crippen MR) is 91.5 cm³/mol. The summed E-state index contributed by atoms with van der Waals surface area (Å²) in [5.74, 6) is -0.434. The van der Waals surface area contributed by atoms with Crippen LogP contribution in [0.5, 0.6) is 0 Å². The van der Waals surface area contributed by atoms with Crippen LogP contribution in [0.15, 0.2) is 48.5 Å². The van der Waals surface area contributed by atoms with Gasteiger partial charge in [-0.2, -0.15) is 5.10 Å². The first-order valence-corrected chi connectivity index (χ1v) is 9.26. The highest BCUT2D eigenvalue weighted by molar-refractivity contribution is 7.62. The maximum atomic E-state index is 13.8. The largest absolute Gasteiger partial charge is 0.380 e. The van der Waals surface area contributed by atoms with Crippen LogP contribution in [-0.4, -0.2) is 23.0 Å². The van der Waals surface area contributed by atoms with Crippen LogP contribution in [0.2, 0.25) is 0 Å². The molecule has 0 saturated carbocycles. The normalized spacial score (nSPS) is 12.0. The van der Waals surface area contributed by atoms with Crippen LogP contribution in [0.1, 0.15) is 13.8 Å². The Kier molecular flexibility index (Phi) is 4.81. The van der Waals surface area contributed by atoms with E-state index in [1.807, 2.05) is 30.3 Å². The van der Waals surface area contributed by atoms with Crippen molar-refractivity contribution in [1.29, 1.82) is 0 Å². The minimum Gasteiger partial charge on any atom is -0.304 e. The van der Waals surface area contributed by atoms with Crippen LogP contribution >= 0.6 is 7.60 Å². The van der Waals surface area contributed by atoms with E-state index < -0.39 is 13.4 Å². The monoisotopic (exact) mass is 348 g/mol. The molecule has 0 amide bonds. The molecule has 3 aromatic rings. The molecule has 3 rings (SSSR count). The topological polar surface area (TPSA) is 53.4 Å². The van der Waals surface area contributed by atoms with E-state index in [0.29, 0.717) is 16.6 Å². The fourth-order valence-electron chi connectivity index (χ4n) is 2.56. The molecule has 0 aliphatic carbocycles. The number of para-hydroxylation sites is 1. The molecule has 0 atom stereocenters. The number of benzene rings is 2. The zero-order chi connectivity index (χ0) is 17.2. The average Bonchev–Trinajstić information content (AvgIpc) is 2.95. The van der Waals surface area contributed by atoms with E-state index in [1.165, 1.54) is 16.8 Å². The maximum absolute atomic E-state index is 13.8. The summed E-state index contributed by atoms with van der Waals surface area (Å²) < 4.78 is 39.6. The molecule has 24 heavy (non-hydrogen) atoms. The maximum Gasteiger partial charge on any atom is 0.380 e. The summed E-state index contributed by atoms with van der Waals surface area (Å²) >= 11 is 0. The summed E-state index contributed by atoms with van der Waals surface area (Å²) in [6.45, 7) is 3.87. The molecule has 0 radical (unpaired) electrons. The van der Waals surface area contributed by atoms with Crippen molar-refractivity contribution in [3.05, 3.63) is 54.3 Å². The molecule has 0 bridgehead atoms. The lowest BCUT2D eigenvalue weighted by Crippen LogP contribution is -2.20. The zero-order valence-electron chi connectivity index (χ0n) is 13.5. The molecule has 0 N–H and O–H groups in total. The van der Waals surface area contributed by atoms with Crippen LogP contribution in [0, 0.1) is 5.82 Å². The lowest BCUT2D eigenvalue weighted by Gasteiger charge is -2.18. The van der Waals surface area contributed by atoms with E-state index in [9.17, 15) is 8.96 Å². The molecule has 5 nitrogen and oxygen atoms in total. The number of nitrogens with zero attached hydrogens (tertiary/aromatic N) is 2. The van der Waals surface area contributed by atoms with Crippen molar-refractivity contribution in [3.63, 3.8) is 0 Å². The second kappa shape index (κ2) is 6.85. The fourth-order valence-corrected chi connectivity index (χ4v) is 4.42. The molecular weight excluding hydrogens is 330 g/mol. The molecule has 2 aromatic carbocycles. The summed E-state index contributed by atoms with van der Waals surface area (Å²) in [5.41, 5.74) is 1.46. The third-order valence-electron chi connectivity index (χ3n) is 3.47. The van der Waals surface area contributed by atoms with E-state index in [0.717, 1.165) is 0 Å². The Morgan fingerprint density at radius 1 is 1.08 bits per heavy atom. The van der Waals surface area contributed by atoms with Gasteiger partial charge in [0.25, 0.3) is 0 Å². The summed E-state index contributed by atoms with van der Waals surface area (Å²) in [5, 5.41) is 4.89. The number of halogens is 1. The first-order chi connectivity index (χ1) is 11.6. The van der Waals surface area contributed by atoms with Crippen molar-refractivity contribution in [2.75, 3.05) is 13.2 Å².